The molecule has 23 heavy (non-hydrogen) atoms. The minimum Gasteiger partial charge on any atom is -0.326 e. The van der Waals surface area contributed by atoms with Gasteiger partial charge in [-0.2, -0.15) is 4.99 Å². The quantitative estimate of drug-likeness (QED) is 0.924. The summed E-state index contributed by atoms with van der Waals surface area (Å²) in [6.45, 7) is 0. The summed E-state index contributed by atoms with van der Waals surface area (Å²) in [4.78, 5) is 34.3. The van der Waals surface area contributed by atoms with Gasteiger partial charge in [-0.3, -0.25) is 14.5 Å². The highest BCUT2D eigenvalue weighted by atomic mass is 32.2. The first-order chi connectivity index (χ1) is 11.1. The van der Waals surface area contributed by atoms with Gasteiger partial charge in [0.25, 0.3) is 0 Å². The molecular formula is C15H14N4O2S2. The van der Waals surface area contributed by atoms with Crippen LogP contribution in [0.2, 0.25) is 0 Å². The number of anilines is 1. The Morgan fingerprint density at radius 1 is 1.39 bits per heavy atom. The lowest BCUT2D eigenvalue weighted by molar-refractivity contribution is -0.127. The molecule has 1 aliphatic rings. The molecule has 118 valence electrons. The Labute approximate surface area is 141 Å². The molecule has 1 fully saturated rings. The minimum atomic E-state index is -0.456. The van der Waals surface area contributed by atoms with Gasteiger partial charge in [-0.1, -0.05) is 30.0 Å². The van der Waals surface area contributed by atoms with E-state index in [1.54, 1.807) is 13.2 Å². The van der Waals surface area contributed by atoms with Crippen LogP contribution in [0.5, 0.6) is 0 Å². The first-order valence-electron chi connectivity index (χ1n) is 6.91. The van der Waals surface area contributed by atoms with Gasteiger partial charge in [0.05, 0.1) is 0 Å². The second-order valence-electron chi connectivity index (χ2n) is 4.83. The fourth-order valence-corrected chi connectivity index (χ4v) is 3.75. The molecule has 1 aromatic heterocycles. The van der Waals surface area contributed by atoms with Crippen LogP contribution in [0.4, 0.5) is 10.8 Å². The number of thiazole rings is 1. The lowest BCUT2D eigenvalue weighted by atomic mass is 10.2. The summed E-state index contributed by atoms with van der Waals surface area (Å²) in [5.74, 6) is -0.306. The van der Waals surface area contributed by atoms with Crippen molar-refractivity contribution in [1.29, 1.82) is 0 Å². The molecule has 0 spiro atoms. The van der Waals surface area contributed by atoms with Gasteiger partial charge in [-0.15, -0.1) is 11.3 Å². The molecule has 1 aliphatic heterocycles. The molecule has 8 heteroatoms. The van der Waals surface area contributed by atoms with Crippen molar-refractivity contribution in [3.8, 4) is 0 Å². The minimum absolute atomic E-state index is 0.111. The Morgan fingerprint density at radius 2 is 2.17 bits per heavy atom. The van der Waals surface area contributed by atoms with Gasteiger partial charge in [-0.25, -0.2) is 4.98 Å². The molecule has 2 aromatic rings. The monoisotopic (exact) mass is 346 g/mol. The van der Waals surface area contributed by atoms with Crippen LogP contribution in [-0.2, 0) is 9.59 Å². The number of carbonyl (C=O) groups is 2. The number of thioether (sulfide) groups is 1. The molecule has 1 aromatic carbocycles. The zero-order chi connectivity index (χ0) is 16.2. The second-order valence-corrected chi connectivity index (χ2v) is 6.87. The van der Waals surface area contributed by atoms with Crippen LogP contribution in [-0.4, -0.2) is 39.2 Å². The van der Waals surface area contributed by atoms with Crippen molar-refractivity contribution < 1.29 is 9.59 Å². The van der Waals surface area contributed by atoms with Crippen molar-refractivity contribution in [2.75, 3.05) is 12.4 Å². The number of rotatable bonds is 4. The fraction of sp³-hybridized carbons (Fsp3) is 0.200. The number of carbonyl (C=O) groups excluding carboxylic acids is 2. The Bertz CT molecular complexity index is 731. The number of nitrogens with zero attached hydrogens (tertiary/aromatic N) is 3. The number of aromatic nitrogens is 1. The summed E-state index contributed by atoms with van der Waals surface area (Å²) in [5.41, 5.74) is 0.720. The highest BCUT2D eigenvalue weighted by Crippen LogP contribution is 2.31. The van der Waals surface area contributed by atoms with Crippen LogP contribution in [0, 0.1) is 0 Å². The molecule has 1 unspecified atom stereocenters. The molecule has 1 atom stereocenters. The summed E-state index contributed by atoms with van der Waals surface area (Å²) in [6.07, 6.45) is 1.77. The van der Waals surface area contributed by atoms with Gasteiger partial charge >= 0.3 is 0 Å². The third kappa shape index (κ3) is 3.77. The molecule has 0 aliphatic carbocycles. The lowest BCUT2D eigenvalue weighted by Crippen LogP contribution is -2.30. The van der Waals surface area contributed by atoms with Gasteiger partial charge < -0.3 is 5.32 Å². The highest BCUT2D eigenvalue weighted by Gasteiger charge is 2.37. The fourth-order valence-electron chi connectivity index (χ4n) is 2.05. The van der Waals surface area contributed by atoms with E-state index in [9.17, 15) is 9.59 Å². The summed E-state index contributed by atoms with van der Waals surface area (Å²) in [7, 11) is 1.66. The Hall–Kier alpha value is -2.19. The Kier molecular flexibility index (Phi) is 4.73. The largest absolute Gasteiger partial charge is 0.326 e. The predicted molar refractivity (Wildman–Crippen MR) is 93.0 cm³/mol. The van der Waals surface area contributed by atoms with Gasteiger partial charge in [0.2, 0.25) is 16.9 Å². The van der Waals surface area contributed by atoms with E-state index in [1.807, 2.05) is 35.7 Å². The van der Waals surface area contributed by atoms with E-state index < -0.39 is 5.25 Å². The molecule has 1 saturated heterocycles. The van der Waals surface area contributed by atoms with Gasteiger partial charge in [0.15, 0.2) is 5.17 Å². The summed E-state index contributed by atoms with van der Waals surface area (Å²) in [6, 6.07) is 9.18. The Balaban J connectivity index is 1.64. The number of aliphatic imine (C=N–C) groups is 1. The smallest absolute Gasteiger partial charge is 0.242 e. The van der Waals surface area contributed by atoms with Gasteiger partial charge in [0, 0.05) is 30.7 Å². The molecule has 0 bridgehead atoms. The predicted octanol–water partition coefficient (Wildman–Crippen LogP) is 2.73. The number of nitrogens with one attached hydrogen (secondary N) is 1. The molecule has 6 nitrogen and oxygen atoms in total. The molecule has 0 saturated carbocycles. The Morgan fingerprint density at radius 3 is 2.87 bits per heavy atom. The van der Waals surface area contributed by atoms with Crippen molar-refractivity contribution in [3.63, 3.8) is 0 Å². The first-order valence-corrected chi connectivity index (χ1v) is 8.67. The average molecular weight is 346 g/mol. The normalized spacial score (nSPS) is 19.3. The SMILES string of the molecule is CN1C(=O)C(CC(=O)Nc2ccccc2)S/C1=N\c1nccs1. The van der Waals surface area contributed by atoms with E-state index >= 15 is 0 Å². The zero-order valence-electron chi connectivity index (χ0n) is 12.3. The number of hydrogen-bond donors (Lipinski definition) is 1. The van der Waals surface area contributed by atoms with Crippen molar-refractivity contribution in [1.82, 2.24) is 9.88 Å². The average Bonchev–Trinajstić information content (AvgIpc) is 3.14. The van der Waals surface area contributed by atoms with E-state index in [1.165, 1.54) is 28.0 Å². The maximum atomic E-state index is 12.3. The molecular weight excluding hydrogens is 332 g/mol. The number of amidine groups is 1. The van der Waals surface area contributed by atoms with E-state index in [0.29, 0.717) is 10.3 Å². The van der Waals surface area contributed by atoms with Crippen LogP contribution in [0.1, 0.15) is 6.42 Å². The third-order valence-corrected chi connectivity index (χ3v) is 5.07. The maximum absolute atomic E-state index is 12.3. The van der Waals surface area contributed by atoms with Gasteiger partial charge in [0.1, 0.15) is 5.25 Å². The maximum Gasteiger partial charge on any atom is 0.242 e. The van der Waals surface area contributed by atoms with Crippen molar-refractivity contribution in [3.05, 3.63) is 41.9 Å². The van der Waals surface area contributed by atoms with Gasteiger partial charge in [-0.05, 0) is 12.1 Å². The standard InChI is InChI=1S/C15H14N4O2S2/c1-19-13(21)11(23-15(19)18-14-16-7-8-22-14)9-12(20)17-10-5-3-2-4-6-10/h2-8,11H,9H2,1H3,(H,17,20)/b18-15-. The van der Waals surface area contributed by atoms with E-state index in [-0.39, 0.29) is 18.2 Å². The third-order valence-electron chi connectivity index (χ3n) is 3.18. The van der Waals surface area contributed by atoms with Crippen LogP contribution < -0.4 is 5.32 Å². The van der Waals surface area contributed by atoms with E-state index in [0.717, 1.165) is 5.69 Å². The number of para-hydroxylation sites is 1. The van der Waals surface area contributed by atoms with Crippen molar-refractivity contribution in [2.45, 2.75) is 11.7 Å². The number of amides is 2. The summed E-state index contributed by atoms with van der Waals surface area (Å²) >= 11 is 2.70. The second kappa shape index (κ2) is 6.93. The van der Waals surface area contributed by atoms with Crippen LogP contribution in [0.25, 0.3) is 0 Å². The van der Waals surface area contributed by atoms with E-state index in [4.69, 9.17) is 0 Å². The topological polar surface area (TPSA) is 74.7 Å². The molecule has 2 heterocycles. The summed E-state index contributed by atoms with van der Waals surface area (Å²) in [5, 5.41) is 5.33. The number of benzene rings is 1. The van der Waals surface area contributed by atoms with Crippen molar-refractivity contribution >= 4 is 50.9 Å². The van der Waals surface area contributed by atoms with Crippen LogP contribution in [0.3, 0.4) is 0 Å². The first kappa shape index (κ1) is 15.7. The molecule has 2 amide bonds. The lowest BCUT2D eigenvalue weighted by Gasteiger charge is -2.09. The zero-order valence-corrected chi connectivity index (χ0v) is 13.9. The van der Waals surface area contributed by atoms with Crippen molar-refractivity contribution in [2.24, 2.45) is 4.99 Å². The number of hydrogen-bond acceptors (Lipinski definition) is 6. The highest BCUT2D eigenvalue weighted by molar-refractivity contribution is 8.15. The molecule has 1 N–H and O–H groups in total. The summed E-state index contributed by atoms with van der Waals surface area (Å²) < 4.78 is 0. The van der Waals surface area contributed by atoms with E-state index in [2.05, 4.69) is 15.3 Å². The molecule has 3 rings (SSSR count). The molecule has 0 radical (unpaired) electrons. The van der Waals surface area contributed by atoms with Crippen LogP contribution in [0.15, 0.2) is 46.9 Å². The van der Waals surface area contributed by atoms with Crippen LogP contribution >= 0.6 is 23.1 Å².